The average Bonchev–Trinajstić information content (AvgIpc) is 1.94. The topological polar surface area (TPSA) is 104 Å². The Kier molecular flexibility index (Phi) is 4.96. The van der Waals surface area contributed by atoms with Crippen molar-refractivity contribution >= 4 is 13.9 Å². The van der Waals surface area contributed by atoms with Crippen LogP contribution in [0.2, 0.25) is 0 Å². The molecule has 1 aromatic rings. The van der Waals surface area contributed by atoms with Gasteiger partial charge in [0.25, 0.3) is 0 Å². The van der Waals surface area contributed by atoms with Crippen molar-refractivity contribution in [3.63, 3.8) is 0 Å². The van der Waals surface area contributed by atoms with Crippen LogP contribution in [0.4, 0.5) is 5.69 Å². The summed E-state index contributed by atoms with van der Waals surface area (Å²) in [5.74, 6) is 0.146. The number of phenols is 1. The molecular weight excluding hydrogens is 181 g/mol. The molecule has 6 heteroatoms. The summed E-state index contributed by atoms with van der Waals surface area (Å²) in [4.78, 5) is 14.2. The van der Waals surface area contributed by atoms with Crippen LogP contribution in [0, 0.1) is 0 Å². The molecule has 0 heterocycles. The summed E-state index contributed by atoms with van der Waals surface area (Å²) in [5.41, 5.74) is 5.69. The number of aromatic hydroxyl groups is 1. The number of benzene rings is 1. The van der Waals surface area contributed by atoms with E-state index in [9.17, 15) is 0 Å². The zero-order valence-corrected chi connectivity index (χ0v) is 6.98. The first-order valence-corrected chi connectivity index (χ1v) is 4.09. The molecular formula is C6H9NO4P+. The van der Waals surface area contributed by atoms with Crippen LogP contribution in [0.25, 0.3) is 0 Å². The molecule has 1 rings (SSSR count). The maximum Gasteiger partial charge on any atom is 0.692 e. The highest BCUT2D eigenvalue weighted by atomic mass is 31.1. The number of anilines is 1. The van der Waals surface area contributed by atoms with Crippen LogP contribution >= 0.6 is 8.25 Å². The Balaban J connectivity index is 0.000000261. The normalized spacial score (nSPS) is 8.17. The van der Waals surface area contributed by atoms with Crippen molar-refractivity contribution in [1.29, 1.82) is 0 Å². The van der Waals surface area contributed by atoms with Gasteiger partial charge in [-0.3, -0.25) is 0 Å². The maximum absolute atomic E-state index is 8.79. The lowest BCUT2D eigenvalue weighted by Gasteiger charge is -1.92. The molecule has 0 fully saturated rings. The maximum atomic E-state index is 8.79. The molecule has 0 unspecified atom stereocenters. The fourth-order valence-corrected chi connectivity index (χ4v) is 0.488. The number of para-hydroxylation sites is 2. The van der Waals surface area contributed by atoms with E-state index in [-0.39, 0.29) is 5.75 Å². The van der Waals surface area contributed by atoms with Gasteiger partial charge in [0.2, 0.25) is 0 Å². The van der Waals surface area contributed by atoms with Gasteiger partial charge in [-0.05, 0) is 12.1 Å². The zero-order chi connectivity index (χ0) is 9.56. The smallest absolute Gasteiger partial charge is 0.506 e. The van der Waals surface area contributed by atoms with E-state index in [0.717, 1.165) is 0 Å². The van der Waals surface area contributed by atoms with E-state index in [1.54, 1.807) is 24.3 Å². The molecule has 12 heavy (non-hydrogen) atoms. The second kappa shape index (κ2) is 5.49. The number of phenolic OH excluding ortho intramolecular Hbond substituents is 1. The summed E-state index contributed by atoms with van der Waals surface area (Å²) in [6.45, 7) is 0. The minimum Gasteiger partial charge on any atom is -0.506 e. The summed E-state index contributed by atoms with van der Waals surface area (Å²) in [6, 6.07) is 6.70. The second-order valence-corrected chi connectivity index (χ2v) is 2.32. The first kappa shape index (κ1) is 10.8. The molecule has 0 radical (unpaired) electrons. The highest BCUT2D eigenvalue weighted by Crippen LogP contribution is 2.16. The lowest BCUT2D eigenvalue weighted by atomic mass is 10.3. The van der Waals surface area contributed by atoms with Gasteiger partial charge in [0.1, 0.15) is 5.75 Å². The van der Waals surface area contributed by atoms with Gasteiger partial charge in [0.05, 0.1) is 5.69 Å². The Morgan fingerprint density at radius 2 is 1.67 bits per heavy atom. The summed E-state index contributed by atoms with van der Waals surface area (Å²) in [7, 11) is -2.87. The third-order valence-electron chi connectivity index (χ3n) is 0.937. The van der Waals surface area contributed by atoms with Gasteiger partial charge in [-0.1, -0.05) is 12.1 Å². The fraction of sp³-hybridized carbons (Fsp3) is 0. The molecule has 0 aliphatic rings. The van der Waals surface area contributed by atoms with Crippen molar-refractivity contribution in [2.75, 3.05) is 5.73 Å². The van der Waals surface area contributed by atoms with E-state index < -0.39 is 8.25 Å². The number of hydrogen-bond acceptors (Lipinski definition) is 3. The van der Waals surface area contributed by atoms with Gasteiger partial charge in [-0.15, -0.1) is 9.79 Å². The molecule has 0 amide bonds. The van der Waals surface area contributed by atoms with Crippen LogP contribution in [0.5, 0.6) is 5.75 Å². The minimum atomic E-state index is -2.87. The van der Waals surface area contributed by atoms with Gasteiger partial charge in [0, 0.05) is 4.57 Å². The molecule has 0 saturated carbocycles. The minimum absolute atomic E-state index is 0.146. The third-order valence-corrected chi connectivity index (χ3v) is 0.937. The Labute approximate surface area is 70.0 Å². The van der Waals surface area contributed by atoms with Gasteiger partial charge >= 0.3 is 8.25 Å². The quantitative estimate of drug-likeness (QED) is 0.272. The lowest BCUT2D eigenvalue weighted by molar-refractivity contribution is 0.405. The van der Waals surface area contributed by atoms with Crippen molar-refractivity contribution in [1.82, 2.24) is 0 Å². The van der Waals surface area contributed by atoms with E-state index >= 15 is 0 Å². The fourth-order valence-electron chi connectivity index (χ4n) is 0.488. The van der Waals surface area contributed by atoms with Crippen LogP contribution < -0.4 is 5.73 Å². The predicted octanol–water partition coefficient (Wildman–Crippen LogP) is 0.603. The average molecular weight is 190 g/mol. The van der Waals surface area contributed by atoms with Crippen molar-refractivity contribution in [2.24, 2.45) is 0 Å². The first-order chi connectivity index (χ1) is 5.54. The van der Waals surface area contributed by atoms with E-state index in [1.807, 2.05) is 0 Å². The molecule has 1 aromatic carbocycles. The largest absolute Gasteiger partial charge is 0.692 e. The van der Waals surface area contributed by atoms with E-state index in [1.165, 1.54) is 0 Å². The first-order valence-electron chi connectivity index (χ1n) is 2.92. The van der Waals surface area contributed by atoms with Crippen LogP contribution in [0.1, 0.15) is 0 Å². The van der Waals surface area contributed by atoms with Crippen molar-refractivity contribution in [3.8, 4) is 5.75 Å². The Morgan fingerprint density at radius 1 is 1.25 bits per heavy atom. The van der Waals surface area contributed by atoms with Crippen LogP contribution in [0.15, 0.2) is 24.3 Å². The third kappa shape index (κ3) is 5.61. The Hall–Kier alpha value is -1.16. The van der Waals surface area contributed by atoms with Crippen molar-refractivity contribution in [3.05, 3.63) is 24.3 Å². The summed E-state index contributed by atoms with van der Waals surface area (Å²) < 4.78 is 8.70. The zero-order valence-electron chi connectivity index (χ0n) is 6.08. The molecule has 0 aliphatic heterocycles. The number of nitrogens with two attached hydrogens (primary N) is 1. The predicted molar refractivity (Wildman–Crippen MR) is 44.6 cm³/mol. The van der Waals surface area contributed by atoms with Gasteiger partial charge < -0.3 is 10.8 Å². The van der Waals surface area contributed by atoms with Crippen LogP contribution in [-0.2, 0) is 4.57 Å². The summed E-state index contributed by atoms with van der Waals surface area (Å²) >= 11 is 0. The van der Waals surface area contributed by atoms with Gasteiger partial charge in [-0.2, -0.15) is 0 Å². The molecule has 0 bridgehead atoms. The number of nitrogen functional groups attached to an aromatic ring is 1. The van der Waals surface area contributed by atoms with E-state index in [0.29, 0.717) is 5.69 Å². The van der Waals surface area contributed by atoms with Crippen LogP contribution in [-0.4, -0.2) is 14.9 Å². The van der Waals surface area contributed by atoms with Gasteiger partial charge in [0.15, 0.2) is 0 Å². The Morgan fingerprint density at radius 3 is 1.92 bits per heavy atom. The van der Waals surface area contributed by atoms with Gasteiger partial charge in [-0.25, -0.2) is 0 Å². The molecule has 5 nitrogen and oxygen atoms in total. The molecule has 0 aromatic heterocycles. The number of rotatable bonds is 0. The highest BCUT2D eigenvalue weighted by Gasteiger charge is 1.93. The van der Waals surface area contributed by atoms with E-state index in [2.05, 4.69) is 0 Å². The molecule has 0 saturated heterocycles. The Bertz CT molecular complexity index is 240. The second-order valence-electron chi connectivity index (χ2n) is 1.81. The molecule has 0 aliphatic carbocycles. The monoisotopic (exact) mass is 190 g/mol. The lowest BCUT2D eigenvalue weighted by Crippen LogP contribution is -1.82. The SMILES string of the molecule is Nc1ccccc1O.O=[P+](O)O. The highest BCUT2D eigenvalue weighted by molar-refractivity contribution is 7.30. The summed E-state index contributed by atoms with van der Waals surface area (Å²) in [6.07, 6.45) is 0. The van der Waals surface area contributed by atoms with Crippen molar-refractivity contribution < 1.29 is 19.5 Å². The molecule has 0 atom stereocenters. The summed E-state index contributed by atoms with van der Waals surface area (Å²) in [5, 5.41) is 8.79. The molecule has 5 N–H and O–H groups in total. The van der Waals surface area contributed by atoms with Crippen LogP contribution in [0.3, 0.4) is 0 Å². The van der Waals surface area contributed by atoms with Crippen molar-refractivity contribution in [2.45, 2.75) is 0 Å². The van der Waals surface area contributed by atoms with E-state index in [4.69, 9.17) is 25.2 Å². The molecule has 66 valence electrons. The molecule has 0 spiro atoms. The standard InChI is InChI=1S/C6H7NO.HO3P/c7-5-3-1-2-4-6(5)8;1-4(2)3/h1-4,8H,7H2;(H-,1,2,3)/p+1. The number of hydrogen-bond donors (Lipinski definition) is 4.